The van der Waals surface area contributed by atoms with Crippen LogP contribution in [0.15, 0.2) is 42.7 Å². The number of aromatic nitrogens is 1. The van der Waals surface area contributed by atoms with Gasteiger partial charge in [-0.2, -0.15) is 0 Å². The molecule has 3 aromatic rings. The van der Waals surface area contributed by atoms with Crippen LogP contribution in [0.1, 0.15) is 31.9 Å². The fourth-order valence-corrected chi connectivity index (χ4v) is 5.17. The number of amides is 2. The van der Waals surface area contributed by atoms with Crippen LogP contribution in [0, 0.1) is 5.82 Å². The summed E-state index contributed by atoms with van der Waals surface area (Å²) in [4.78, 5) is 32.0. The number of nitrogens with one attached hydrogen (secondary N) is 1. The molecule has 0 aliphatic carbocycles. The number of thiophene rings is 1. The van der Waals surface area contributed by atoms with E-state index in [1.165, 1.54) is 29.5 Å². The smallest absolute Gasteiger partial charge is 0.251 e. The maximum Gasteiger partial charge on any atom is 0.251 e. The van der Waals surface area contributed by atoms with E-state index in [1.54, 1.807) is 12.4 Å². The minimum absolute atomic E-state index is 0.169. The van der Waals surface area contributed by atoms with Crippen molar-refractivity contribution in [3.63, 3.8) is 0 Å². The Labute approximate surface area is 187 Å². The molecule has 0 fully saturated rings. The second-order valence-corrected chi connectivity index (χ2v) is 8.89. The summed E-state index contributed by atoms with van der Waals surface area (Å²) < 4.78 is 14.0. The molecule has 0 unspecified atom stereocenters. The molecule has 4 rings (SSSR count). The van der Waals surface area contributed by atoms with Crippen molar-refractivity contribution in [3.05, 3.63) is 80.7 Å². The standard InChI is InChI=1S/C22H20ClFN4O2S/c23-15-2-1-14(17(24)10-15)9-19(29)27-22-20(21(25)30)16-5-8-28(12-18(16)31-22)11-13-3-6-26-7-4-13/h1-4,6-7,10H,5,8-9,11-12H2,(H2,25,30)(H,27,29). The molecule has 1 aromatic carbocycles. The second kappa shape index (κ2) is 9.13. The summed E-state index contributed by atoms with van der Waals surface area (Å²) >= 11 is 7.11. The minimum atomic E-state index is -0.576. The van der Waals surface area contributed by atoms with Crippen molar-refractivity contribution in [3.8, 4) is 0 Å². The summed E-state index contributed by atoms with van der Waals surface area (Å²) in [6.45, 7) is 2.20. The number of rotatable bonds is 6. The molecule has 0 radical (unpaired) electrons. The SMILES string of the molecule is NC(=O)c1c(NC(=O)Cc2ccc(Cl)cc2F)sc2c1CCN(Cc1ccncc1)C2. The van der Waals surface area contributed by atoms with Crippen LogP contribution in [-0.2, 0) is 30.7 Å². The molecule has 2 aromatic heterocycles. The van der Waals surface area contributed by atoms with Gasteiger partial charge < -0.3 is 11.1 Å². The molecule has 2 amide bonds. The Hall–Kier alpha value is -2.81. The van der Waals surface area contributed by atoms with Crippen molar-refractivity contribution >= 4 is 39.8 Å². The van der Waals surface area contributed by atoms with Crippen LogP contribution in [0.5, 0.6) is 0 Å². The van der Waals surface area contributed by atoms with Gasteiger partial charge in [0.05, 0.1) is 12.0 Å². The van der Waals surface area contributed by atoms with Gasteiger partial charge in [0.2, 0.25) is 5.91 Å². The van der Waals surface area contributed by atoms with Gasteiger partial charge in [0, 0.05) is 41.9 Å². The fourth-order valence-electron chi connectivity index (χ4n) is 3.70. The third-order valence-corrected chi connectivity index (χ3v) is 6.52. The monoisotopic (exact) mass is 458 g/mol. The van der Waals surface area contributed by atoms with Gasteiger partial charge in [0.15, 0.2) is 0 Å². The predicted octanol–water partition coefficient (Wildman–Crippen LogP) is 3.77. The topological polar surface area (TPSA) is 88.3 Å². The molecule has 0 bridgehead atoms. The Morgan fingerprint density at radius 1 is 1.26 bits per heavy atom. The van der Waals surface area contributed by atoms with Gasteiger partial charge in [-0.25, -0.2) is 4.39 Å². The Bertz CT molecular complexity index is 1140. The van der Waals surface area contributed by atoms with Crippen molar-refractivity contribution < 1.29 is 14.0 Å². The fraction of sp³-hybridized carbons (Fsp3) is 0.227. The summed E-state index contributed by atoms with van der Waals surface area (Å²) in [5, 5.41) is 3.44. The molecule has 31 heavy (non-hydrogen) atoms. The first kappa shape index (κ1) is 21.4. The molecule has 0 atom stereocenters. The number of pyridine rings is 1. The van der Waals surface area contributed by atoms with E-state index in [1.807, 2.05) is 12.1 Å². The molecular formula is C22H20ClFN4O2S. The Morgan fingerprint density at radius 2 is 2.03 bits per heavy atom. The number of carbonyl (C=O) groups is 2. The first-order valence-corrected chi connectivity index (χ1v) is 10.9. The van der Waals surface area contributed by atoms with Gasteiger partial charge in [-0.05, 0) is 47.4 Å². The van der Waals surface area contributed by atoms with Crippen molar-refractivity contribution in [1.29, 1.82) is 0 Å². The first-order valence-electron chi connectivity index (χ1n) is 9.70. The van der Waals surface area contributed by atoms with Crippen LogP contribution < -0.4 is 11.1 Å². The summed E-state index contributed by atoms with van der Waals surface area (Å²) in [5.41, 5.74) is 8.26. The van der Waals surface area contributed by atoms with Gasteiger partial charge >= 0.3 is 0 Å². The van der Waals surface area contributed by atoms with Crippen molar-refractivity contribution in [2.45, 2.75) is 25.9 Å². The highest BCUT2D eigenvalue weighted by molar-refractivity contribution is 7.17. The summed E-state index contributed by atoms with van der Waals surface area (Å²) in [6, 6.07) is 8.12. The zero-order valence-corrected chi connectivity index (χ0v) is 18.1. The predicted molar refractivity (Wildman–Crippen MR) is 119 cm³/mol. The van der Waals surface area contributed by atoms with Crippen LogP contribution in [0.25, 0.3) is 0 Å². The molecule has 3 heterocycles. The van der Waals surface area contributed by atoms with E-state index >= 15 is 0 Å². The molecule has 0 saturated carbocycles. The highest BCUT2D eigenvalue weighted by atomic mass is 35.5. The van der Waals surface area contributed by atoms with E-state index in [4.69, 9.17) is 17.3 Å². The Kier molecular flexibility index (Phi) is 6.31. The quantitative estimate of drug-likeness (QED) is 0.588. The number of halogens is 2. The second-order valence-electron chi connectivity index (χ2n) is 7.35. The van der Waals surface area contributed by atoms with Crippen molar-refractivity contribution in [2.75, 3.05) is 11.9 Å². The van der Waals surface area contributed by atoms with E-state index in [-0.39, 0.29) is 17.0 Å². The number of benzene rings is 1. The summed E-state index contributed by atoms with van der Waals surface area (Å²) in [6.07, 6.45) is 4.02. The molecule has 3 N–H and O–H groups in total. The molecule has 9 heteroatoms. The number of nitrogens with two attached hydrogens (primary N) is 1. The minimum Gasteiger partial charge on any atom is -0.365 e. The molecule has 0 spiro atoms. The largest absolute Gasteiger partial charge is 0.365 e. The summed E-state index contributed by atoms with van der Waals surface area (Å²) in [5.74, 6) is -1.54. The van der Waals surface area contributed by atoms with Gasteiger partial charge in [-0.1, -0.05) is 17.7 Å². The molecule has 0 saturated heterocycles. The molecule has 6 nitrogen and oxygen atoms in total. The van der Waals surface area contributed by atoms with Crippen LogP contribution >= 0.6 is 22.9 Å². The van der Waals surface area contributed by atoms with E-state index in [0.717, 1.165) is 29.1 Å². The molecule has 1 aliphatic rings. The third kappa shape index (κ3) is 4.92. The van der Waals surface area contributed by atoms with E-state index < -0.39 is 17.6 Å². The molecular weight excluding hydrogens is 439 g/mol. The normalized spacial score (nSPS) is 13.6. The molecule has 160 valence electrons. The summed E-state index contributed by atoms with van der Waals surface area (Å²) in [7, 11) is 0. The third-order valence-electron chi connectivity index (χ3n) is 5.16. The average Bonchev–Trinajstić information content (AvgIpc) is 3.08. The van der Waals surface area contributed by atoms with Gasteiger partial charge in [-0.15, -0.1) is 11.3 Å². The zero-order valence-electron chi connectivity index (χ0n) is 16.5. The highest BCUT2D eigenvalue weighted by Gasteiger charge is 2.28. The van der Waals surface area contributed by atoms with Crippen LogP contribution in [-0.4, -0.2) is 28.2 Å². The molecule has 1 aliphatic heterocycles. The lowest BCUT2D eigenvalue weighted by molar-refractivity contribution is -0.115. The lowest BCUT2D eigenvalue weighted by Crippen LogP contribution is -2.30. The maximum atomic E-state index is 14.0. The van der Waals surface area contributed by atoms with Crippen LogP contribution in [0.2, 0.25) is 5.02 Å². The van der Waals surface area contributed by atoms with Crippen LogP contribution in [0.4, 0.5) is 9.39 Å². The number of anilines is 1. The number of nitrogens with zero attached hydrogens (tertiary/aromatic N) is 2. The van der Waals surface area contributed by atoms with Gasteiger partial charge in [0.1, 0.15) is 10.8 Å². The lowest BCUT2D eigenvalue weighted by atomic mass is 10.0. The van der Waals surface area contributed by atoms with Gasteiger partial charge in [-0.3, -0.25) is 19.5 Å². The number of fused-ring (bicyclic) bond motifs is 1. The highest BCUT2D eigenvalue weighted by Crippen LogP contribution is 2.37. The van der Waals surface area contributed by atoms with E-state index in [9.17, 15) is 14.0 Å². The van der Waals surface area contributed by atoms with E-state index in [0.29, 0.717) is 23.5 Å². The first-order chi connectivity index (χ1) is 14.9. The lowest BCUT2D eigenvalue weighted by Gasteiger charge is -2.26. The number of hydrogen-bond donors (Lipinski definition) is 2. The van der Waals surface area contributed by atoms with Crippen molar-refractivity contribution in [1.82, 2.24) is 9.88 Å². The van der Waals surface area contributed by atoms with Crippen LogP contribution in [0.3, 0.4) is 0 Å². The van der Waals surface area contributed by atoms with E-state index in [2.05, 4.69) is 15.2 Å². The van der Waals surface area contributed by atoms with Gasteiger partial charge in [0.25, 0.3) is 5.91 Å². The Morgan fingerprint density at radius 3 is 2.74 bits per heavy atom. The zero-order chi connectivity index (χ0) is 22.0. The maximum absolute atomic E-state index is 14.0. The number of primary amides is 1. The average molecular weight is 459 g/mol. The number of hydrogen-bond acceptors (Lipinski definition) is 5. The Balaban J connectivity index is 1.51. The van der Waals surface area contributed by atoms with Crippen molar-refractivity contribution in [2.24, 2.45) is 5.73 Å². The number of carbonyl (C=O) groups excluding carboxylic acids is 2.